The van der Waals surface area contributed by atoms with Crippen LogP contribution in [0.5, 0.6) is 0 Å². The second-order valence-electron chi connectivity index (χ2n) is 7.02. The Morgan fingerprint density at radius 3 is 2.72 bits per heavy atom. The van der Waals surface area contributed by atoms with Crippen LogP contribution in [0.15, 0.2) is 42.6 Å². The van der Waals surface area contributed by atoms with E-state index in [1.54, 1.807) is 10.8 Å². The number of hydrogen-bond donors (Lipinski definition) is 1. The summed E-state index contributed by atoms with van der Waals surface area (Å²) >= 11 is 0. The van der Waals surface area contributed by atoms with Crippen molar-refractivity contribution in [2.24, 2.45) is 7.05 Å². The van der Waals surface area contributed by atoms with E-state index in [0.29, 0.717) is 6.42 Å². The molecule has 0 bridgehead atoms. The first-order valence-corrected chi connectivity index (χ1v) is 11.3. The fourth-order valence-electron chi connectivity index (χ4n) is 3.35. The van der Waals surface area contributed by atoms with Crippen molar-refractivity contribution >= 4 is 32.9 Å². The quantitative estimate of drug-likeness (QED) is 0.453. The number of para-hydroxylation sites is 1. The molecule has 0 atom stereocenters. The van der Waals surface area contributed by atoms with Crippen LogP contribution in [0.1, 0.15) is 37.4 Å². The van der Waals surface area contributed by atoms with Gasteiger partial charge in [0.15, 0.2) is 0 Å². The van der Waals surface area contributed by atoms with Gasteiger partial charge in [0.2, 0.25) is 10.0 Å². The molecular weight excluding hydrogens is 388 g/mol. The number of nitrogens with zero attached hydrogens (tertiary/aromatic N) is 3. The van der Waals surface area contributed by atoms with Gasteiger partial charge in [-0.05, 0) is 36.9 Å². The highest BCUT2D eigenvalue weighted by atomic mass is 32.2. The predicted molar refractivity (Wildman–Crippen MR) is 115 cm³/mol. The highest BCUT2D eigenvalue weighted by molar-refractivity contribution is 7.90. The van der Waals surface area contributed by atoms with Crippen LogP contribution in [0, 0.1) is 6.92 Å². The molecule has 0 fully saturated rings. The van der Waals surface area contributed by atoms with Gasteiger partial charge in [0.05, 0.1) is 17.0 Å². The number of sulfonamides is 1. The summed E-state index contributed by atoms with van der Waals surface area (Å²) in [4.78, 5) is 12.2. The Balaban J connectivity index is 1.86. The van der Waals surface area contributed by atoms with Crippen molar-refractivity contribution < 1.29 is 13.2 Å². The van der Waals surface area contributed by atoms with Crippen LogP contribution in [0.2, 0.25) is 0 Å². The number of fused-ring (bicyclic) bond motifs is 1. The summed E-state index contributed by atoms with van der Waals surface area (Å²) in [5.74, 6) is 0.0964. The van der Waals surface area contributed by atoms with Gasteiger partial charge < -0.3 is 4.57 Å². The lowest BCUT2D eigenvalue weighted by Gasteiger charge is -2.08. The molecule has 29 heavy (non-hydrogen) atoms. The van der Waals surface area contributed by atoms with Crippen molar-refractivity contribution in [1.29, 1.82) is 0 Å². The largest absolute Gasteiger partial charge is 0.301 e. The summed E-state index contributed by atoms with van der Waals surface area (Å²) in [5.41, 5.74) is 2.52. The van der Waals surface area contributed by atoms with Gasteiger partial charge in [-0.2, -0.15) is 5.10 Å². The van der Waals surface area contributed by atoms with E-state index >= 15 is 0 Å². The fraction of sp³-hybridized carbons (Fsp3) is 0.333. The molecule has 0 radical (unpaired) electrons. The number of nitrogens with one attached hydrogen (secondary N) is 1. The Hall–Kier alpha value is -2.87. The molecule has 1 aromatic carbocycles. The van der Waals surface area contributed by atoms with E-state index in [4.69, 9.17) is 0 Å². The fourth-order valence-corrected chi connectivity index (χ4v) is 4.41. The topological polar surface area (TPSA) is 86.0 Å². The van der Waals surface area contributed by atoms with Crippen LogP contribution in [-0.2, 0) is 21.9 Å². The Labute approximate surface area is 171 Å². The predicted octanol–water partition coefficient (Wildman–Crippen LogP) is 3.32. The zero-order chi connectivity index (χ0) is 21.0. The van der Waals surface area contributed by atoms with Gasteiger partial charge in [0.1, 0.15) is 5.82 Å². The molecule has 0 saturated carbocycles. The van der Waals surface area contributed by atoms with Crippen molar-refractivity contribution in [3.63, 3.8) is 0 Å². The lowest BCUT2D eigenvalue weighted by Crippen LogP contribution is -2.31. The zero-order valence-corrected chi connectivity index (χ0v) is 17.7. The van der Waals surface area contributed by atoms with Gasteiger partial charge in [0.25, 0.3) is 5.91 Å². The third-order valence-electron chi connectivity index (χ3n) is 4.74. The van der Waals surface area contributed by atoms with E-state index in [1.165, 1.54) is 6.08 Å². The summed E-state index contributed by atoms with van der Waals surface area (Å²) in [6, 6.07) is 10.0. The molecule has 0 saturated heterocycles. The molecule has 0 aliphatic heterocycles. The number of benzene rings is 1. The minimum atomic E-state index is -3.62. The summed E-state index contributed by atoms with van der Waals surface area (Å²) in [5, 5.41) is 5.57. The lowest BCUT2D eigenvalue weighted by atomic mass is 10.2. The van der Waals surface area contributed by atoms with Crippen molar-refractivity contribution in [2.45, 2.75) is 33.1 Å². The van der Waals surface area contributed by atoms with Crippen LogP contribution in [0.3, 0.4) is 0 Å². The Morgan fingerprint density at radius 1 is 1.21 bits per heavy atom. The number of amides is 1. The number of unbranched alkanes of at least 4 members (excludes halogenated alkanes) is 2. The lowest BCUT2D eigenvalue weighted by molar-refractivity contribution is -0.114. The number of hydrogen-bond acceptors (Lipinski definition) is 4. The third kappa shape index (κ3) is 4.76. The first-order chi connectivity index (χ1) is 13.8. The Bertz CT molecular complexity index is 1160. The summed E-state index contributed by atoms with van der Waals surface area (Å²) < 4.78 is 29.9. The van der Waals surface area contributed by atoms with E-state index in [1.807, 2.05) is 62.0 Å². The molecule has 1 amide bonds. The van der Waals surface area contributed by atoms with Crippen LogP contribution in [0.4, 0.5) is 0 Å². The van der Waals surface area contributed by atoms with Crippen molar-refractivity contribution in [3.8, 4) is 5.82 Å². The van der Waals surface area contributed by atoms with E-state index in [0.717, 1.165) is 40.8 Å². The SMILES string of the molecule is CCCCCS(=O)(=O)NC(=O)C=Cc1c(C)nn(C)c1-n1ccc2ccccc21. The highest BCUT2D eigenvalue weighted by Crippen LogP contribution is 2.25. The number of aryl methyl sites for hydroxylation is 2. The molecule has 154 valence electrons. The molecule has 0 aliphatic carbocycles. The van der Waals surface area contributed by atoms with Crippen molar-refractivity contribution in [1.82, 2.24) is 19.1 Å². The molecule has 2 heterocycles. The maximum absolute atomic E-state index is 12.2. The summed E-state index contributed by atoms with van der Waals surface area (Å²) in [7, 11) is -1.78. The molecule has 1 N–H and O–H groups in total. The van der Waals surface area contributed by atoms with E-state index in [-0.39, 0.29) is 5.75 Å². The van der Waals surface area contributed by atoms with Crippen molar-refractivity contribution in [3.05, 3.63) is 53.9 Å². The van der Waals surface area contributed by atoms with Crippen molar-refractivity contribution in [2.75, 3.05) is 5.75 Å². The molecule has 7 nitrogen and oxygen atoms in total. The number of carbonyl (C=O) groups excluding carboxylic acids is 1. The van der Waals surface area contributed by atoms with Gasteiger partial charge in [0, 0.05) is 24.9 Å². The molecule has 0 unspecified atom stereocenters. The monoisotopic (exact) mass is 414 g/mol. The maximum Gasteiger partial charge on any atom is 0.257 e. The third-order valence-corrected chi connectivity index (χ3v) is 6.08. The maximum atomic E-state index is 12.2. The minimum Gasteiger partial charge on any atom is -0.301 e. The molecule has 2 aromatic heterocycles. The molecule has 3 aromatic rings. The van der Waals surface area contributed by atoms with E-state index in [9.17, 15) is 13.2 Å². The highest BCUT2D eigenvalue weighted by Gasteiger charge is 2.16. The smallest absolute Gasteiger partial charge is 0.257 e. The molecule has 3 rings (SSSR count). The normalized spacial score (nSPS) is 12.1. The first kappa shape index (κ1) is 20.9. The Kier molecular flexibility index (Phi) is 6.22. The molecule has 0 spiro atoms. The standard InChI is InChI=1S/C21H26N4O3S/c1-4-5-8-15-29(27,28)23-20(26)12-11-18-16(2)22-24(3)21(18)25-14-13-17-9-6-7-10-19(17)25/h6-7,9-14H,4-5,8,15H2,1-3H3,(H,23,26). The zero-order valence-electron chi connectivity index (χ0n) is 16.9. The van der Waals surface area contributed by atoms with E-state index in [2.05, 4.69) is 9.82 Å². The van der Waals surface area contributed by atoms with Gasteiger partial charge >= 0.3 is 0 Å². The second kappa shape index (κ2) is 8.65. The first-order valence-electron chi connectivity index (χ1n) is 9.65. The number of carbonyl (C=O) groups is 1. The van der Waals surface area contributed by atoms with E-state index < -0.39 is 15.9 Å². The van der Waals surface area contributed by atoms with Gasteiger partial charge in [-0.25, -0.2) is 13.1 Å². The van der Waals surface area contributed by atoms with Crippen LogP contribution >= 0.6 is 0 Å². The van der Waals surface area contributed by atoms with Gasteiger partial charge in [-0.3, -0.25) is 9.48 Å². The molecule has 0 aliphatic rings. The van der Waals surface area contributed by atoms with Crippen LogP contribution in [-0.4, -0.2) is 34.4 Å². The average molecular weight is 415 g/mol. The molecule has 8 heteroatoms. The summed E-state index contributed by atoms with van der Waals surface area (Å²) in [6.07, 6.45) is 7.08. The number of rotatable bonds is 8. The van der Waals surface area contributed by atoms with Crippen LogP contribution in [0.25, 0.3) is 22.8 Å². The van der Waals surface area contributed by atoms with Gasteiger partial charge in [-0.1, -0.05) is 38.0 Å². The molecular formula is C21H26N4O3S. The summed E-state index contributed by atoms with van der Waals surface area (Å²) in [6.45, 7) is 3.85. The van der Waals surface area contributed by atoms with Crippen LogP contribution < -0.4 is 4.72 Å². The average Bonchev–Trinajstić information content (AvgIpc) is 3.19. The Morgan fingerprint density at radius 2 is 1.97 bits per heavy atom. The van der Waals surface area contributed by atoms with Gasteiger partial charge in [-0.15, -0.1) is 0 Å². The minimum absolute atomic E-state index is 0.0487. The number of aromatic nitrogens is 3. The second-order valence-corrected chi connectivity index (χ2v) is 8.86.